The van der Waals surface area contributed by atoms with E-state index in [1.807, 2.05) is 0 Å². The van der Waals surface area contributed by atoms with Crippen LogP contribution in [0.5, 0.6) is 0 Å². The topological polar surface area (TPSA) is 165 Å². The fourth-order valence-corrected chi connectivity index (χ4v) is 1.72. The number of carbonyl (C=O) groups excluding carboxylic acids is 3. The van der Waals surface area contributed by atoms with Crippen LogP contribution in [0.2, 0.25) is 0 Å². The second-order valence-electron chi connectivity index (χ2n) is 5.16. The summed E-state index contributed by atoms with van der Waals surface area (Å²) in [5.74, 6) is -1.92. The Labute approximate surface area is 135 Å². The van der Waals surface area contributed by atoms with Gasteiger partial charge in [0.1, 0.15) is 11.8 Å². The number of nitrogens with one attached hydrogen (secondary N) is 2. The molecule has 0 aromatic rings. The Kier molecular flexibility index (Phi) is 10.5. The molecule has 0 spiro atoms. The first-order chi connectivity index (χ1) is 10.8. The van der Waals surface area contributed by atoms with Crippen molar-refractivity contribution in [2.75, 3.05) is 13.1 Å². The van der Waals surface area contributed by atoms with E-state index in [9.17, 15) is 19.2 Å². The normalized spacial score (nSPS) is 13.0. The molecule has 9 heteroatoms. The maximum atomic E-state index is 11.7. The van der Waals surface area contributed by atoms with E-state index in [0.29, 0.717) is 6.54 Å². The Morgan fingerprint density at radius 2 is 1.57 bits per heavy atom. The Bertz CT molecular complexity index is 427. The number of ketones is 1. The van der Waals surface area contributed by atoms with Gasteiger partial charge < -0.3 is 27.2 Å². The van der Waals surface area contributed by atoms with E-state index in [4.69, 9.17) is 16.6 Å². The first kappa shape index (κ1) is 21.0. The molecule has 0 aliphatic heterocycles. The van der Waals surface area contributed by atoms with Crippen LogP contribution in [0.15, 0.2) is 0 Å². The fourth-order valence-electron chi connectivity index (χ4n) is 1.72. The molecule has 132 valence electrons. The van der Waals surface area contributed by atoms with Crippen molar-refractivity contribution in [3.8, 4) is 0 Å². The molecule has 0 saturated heterocycles. The molecular weight excluding hydrogens is 304 g/mol. The number of carboxylic acids is 1. The van der Waals surface area contributed by atoms with Gasteiger partial charge in [0.05, 0.1) is 6.04 Å². The lowest BCUT2D eigenvalue weighted by atomic mass is 10.1. The van der Waals surface area contributed by atoms with E-state index in [2.05, 4.69) is 10.6 Å². The average Bonchev–Trinajstić information content (AvgIpc) is 2.50. The number of hydrogen-bond donors (Lipinski definition) is 5. The standard InChI is InChI=1S/C14H26N4O5/c1-2-17-12(20)6-5-10(15)13(21)18-8-7-9(19)3-4-11(16)14(22)23/h10-11H,2-8,15-16H2,1H3,(H,17,20)(H,18,21)(H,22,23)/t10-,11-/m0/s1. The second kappa shape index (κ2) is 11.6. The van der Waals surface area contributed by atoms with E-state index in [1.54, 1.807) is 6.92 Å². The molecule has 0 fully saturated rings. The minimum Gasteiger partial charge on any atom is -0.480 e. The Hall–Kier alpha value is -2.00. The lowest BCUT2D eigenvalue weighted by molar-refractivity contribution is -0.138. The number of aliphatic carboxylic acids is 1. The van der Waals surface area contributed by atoms with Crippen molar-refractivity contribution < 1.29 is 24.3 Å². The third-order valence-electron chi connectivity index (χ3n) is 3.15. The summed E-state index contributed by atoms with van der Waals surface area (Å²) in [5, 5.41) is 13.7. The van der Waals surface area contributed by atoms with E-state index in [0.717, 1.165) is 0 Å². The van der Waals surface area contributed by atoms with Crippen LogP contribution in [0.25, 0.3) is 0 Å². The van der Waals surface area contributed by atoms with E-state index >= 15 is 0 Å². The number of carboxylic acid groups (broad SMARTS) is 1. The van der Waals surface area contributed by atoms with Crippen molar-refractivity contribution in [2.24, 2.45) is 11.5 Å². The van der Waals surface area contributed by atoms with Gasteiger partial charge in [-0.1, -0.05) is 0 Å². The van der Waals surface area contributed by atoms with Gasteiger partial charge >= 0.3 is 5.97 Å². The minimum absolute atomic E-state index is 0.0482. The van der Waals surface area contributed by atoms with Crippen molar-refractivity contribution in [3.05, 3.63) is 0 Å². The lowest BCUT2D eigenvalue weighted by Gasteiger charge is -2.12. The monoisotopic (exact) mass is 330 g/mol. The molecule has 23 heavy (non-hydrogen) atoms. The van der Waals surface area contributed by atoms with Crippen molar-refractivity contribution in [1.82, 2.24) is 10.6 Å². The molecule has 0 heterocycles. The first-order valence-electron chi connectivity index (χ1n) is 7.58. The third-order valence-corrected chi connectivity index (χ3v) is 3.15. The molecule has 0 aromatic heterocycles. The van der Waals surface area contributed by atoms with Crippen molar-refractivity contribution in [1.29, 1.82) is 0 Å². The molecule has 0 aromatic carbocycles. The van der Waals surface area contributed by atoms with E-state index in [1.165, 1.54) is 0 Å². The van der Waals surface area contributed by atoms with Gasteiger partial charge in [-0.2, -0.15) is 0 Å². The van der Waals surface area contributed by atoms with Crippen molar-refractivity contribution in [2.45, 2.75) is 51.1 Å². The van der Waals surface area contributed by atoms with Crippen LogP contribution in [0.3, 0.4) is 0 Å². The molecule has 2 atom stereocenters. The van der Waals surface area contributed by atoms with Gasteiger partial charge in [-0.25, -0.2) is 0 Å². The lowest BCUT2D eigenvalue weighted by Crippen LogP contribution is -2.42. The van der Waals surface area contributed by atoms with Gasteiger partial charge in [0.25, 0.3) is 0 Å². The van der Waals surface area contributed by atoms with Crippen LogP contribution >= 0.6 is 0 Å². The number of rotatable bonds is 12. The Balaban J connectivity index is 3.85. The highest BCUT2D eigenvalue weighted by atomic mass is 16.4. The molecule has 0 rings (SSSR count). The minimum atomic E-state index is -1.15. The SMILES string of the molecule is CCNC(=O)CC[C@H](N)C(=O)NCCC(=O)CC[C@H](N)C(=O)O. The predicted molar refractivity (Wildman–Crippen MR) is 83.4 cm³/mol. The maximum absolute atomic E-state index is 11.7. The van der Waals surface area contributed by atoms with Crippen LogP contribution in [-0.4, -0.2) is 53.8 Å². The van der Waals surface area contributed by atoms with Crippen LogP contribution in [0.4, 0.5) is 0 Å². The smallest absolute Gasteiger partial charge is 0.320 e. The summed E-state index contributed by atoms with van der Waals surface area (Å²) in [4.78, 5) is 45.0. The fraction of sp³-hybridized carbons (Fsp3) is 0.714. The van der Waals surface area contributed by atoms with Gasteiger partial charge in [-0.05, 0) is 19.8 Å². The van der Waals surface area contributed by atoms with Gasteiger partial charge in [-0.3, -0.25) is 19.2 Å². The van der Waals surface area contributed by atoms with Crippen molar-refractivity contribution >= 4 is 23.6 Å². The summed E-state index contributed by atoms with van der Waals surface area (Å²) in [6, 6.07) is -1.87. The van der Waals surface area contributed by atoms with Gasteiger partial charge in [0.15, 0.2) is 0 Å². The third kappa shape index (κ3) is 10.4. The highest BCUT2D eigenvalue weighted by Gasteiger charge is 2.16. The number of amides is 2. The van der Waals surface area contributed by atoms with Gasteiger partial charge in [-0.15, -0.1) is 0 Å². The molecule has 9 nitrogen and oxygen atoms in total. The molecule has 2 amide bonds. The number of hydrogen-bond acceptors (Lipinski definition) is 6. The molecule has 0 aliphatic carbocycles. The second-order valence-corrected chi connectivity index (χ2v) is 5.16. The average molecular weight is 330 g/mol. The van der Waals surface area contributed by atoms with Gasteiger partial charge in [0.2, 0.25) is 11.8 Å². The zero-order chi connectivity index (χ0) is 17.8. The molecule has 7 N–H and O–H groups in total. The number of carbonyl (C=O) groups is 4. The molecule has 0 saturated carbocycles. The quantitative estimate of drug-likeness (QED) is 0.290. The Morgan fingerprint density at radius 3 is 2.13 bits per heavy atom. The maximum Gasteiger partial charge on any atom is 0.320 e. The van der Waals surface area contributed by atoms with E-state index < -0.39 is 24.0 Å². The van der Waals surface area contributed by atoms with Gasteiger partial charge in [0, 0.05) is 32.4 Å². The van der Waals surface area contributed by atoms with E-state index in [-0.39, 0.29) is 50.3 Å². The summed E-state index contributed by atoms with van der Waals surface area (Å²) in [7, 11) is 0. The summed E-state index contributed by atoms with van der Waals surface area (Å²) in [5.41, 5.74) is 10.9. The zero-order valence-electron chi connectivity index (χ0n) is 13.3. The number of Topliss-reactive ketones (excluding diaryl/α,β-unsaturated/α-hetero) is 1. The van der Waals surface area contributed by atoms with Crippen LogP contribution < -0.4 is 22.1 Å². The highest BCUT2D eigenvalue weighted by molar-refractivity contribution is 5.84. The zero-order valence-corrected chi connectivity index (χ0v) is 13.3. The first-order valence-corrected chi connectivity index (χ1v) is 7.58. The highest BCUT2D eigenvalue weighted by Crippen LogP contribution is 1.99. The predicted octanol–water partition coefficient (Wildman–Crippen LogP) is -1.50. The summed E-state index contributed by atoms with van der Waals surface area (Å²) in [6.07, 6.45) is 0.579. The number of nitrogens with two attached hydrogens (primary N) is 2. The molecular formula is C14H26N4O5. The van der Waals surface area contributed by atoms with Crippen LogP contribution in [0.1, 0.15) is 39.0 Å². The Morgan fingerprint density at radius 1 is 0.957 bits per heavy atom. The summed E-state index contributed by atoms with van der Waals surface area (Å²) >= 11 is 0. The van der Waals surface area contributed by atoms with Crippen LogP contribution in [0, 0.1) is 0 Å². The van der Waals surface area contributed by atoms with Crippen molar-refractivity contribution in [3.63, 3.8) is 0 Å². The van der Waals surface area contributed by atoms with Crippen LogP contribution in [-0.2, 0) is 19.2 Å². The largest absolute Gasteiger partial charge is 0.480 e. The molecule has 0 unspecified atom stereocenters. The molecule has 0 bridgehead atoms. The summed E-state index contributed by atoms with van der Waals surface area (Å²) in [6.45, 7) is 2.44. The molecule has 0 radical (unpaired) electrons. The summed E-state index contributed by atoms with van der Waals surface area (Å²) < 4.78 is 0. The molecule has 0 aliphatic rings.